The fraction of sp³-hybridized carbons (Fsp3) is 0.452. The molecule has 2 atom stereocenters. The average molecular weight is 638 g/mol. The van der Waals surface area contributed by atoms with Crippen molar-refractivity contribution in [3.63, 3.8) is 0 Å². The van der Waals surface area contributed by atoms with Crippen LogP contribution < -0.4 is 15.4 Å². The summed E-state index contributed by atoms with van der Waals surface area (Å²) in [5, 5.41) is 14.2. The molecule has 1 fully saturated rings. The quantitative estimate of drug-likeness (QED) is 0.214. The molecule has 1 saturated heterocycles. The summed E-state index contributed by atoms with van der Waals surface area (Å²) >= 11 is 0. The number of carboxylic acids is 1. The normalized spacial score (nSPS) is 16.2. The third kappa shape index (κ3) is 9.25. The highest BCUT2D eigenvalue weighted by Crippen LogP contribution is 2.30. The molecule has 2 aromatic carbocycles. The molecule has 0 saturated carbocycles. The first-order valence-electron chi connectivity index (χ1n) is 14.3. The van der Waals surface area contributed by atoms with Gasteiger partial charge in [-0.25, -0.2) is 8.78 Å². The van der Waals surface area contributed by atoms with Crippen LogP contribution in [0.3, 0.4) is 0 Å². The van der Waals surface area contributed by atoms with E-state index in [9.17, 15) is 46.6 Å². The molecule has 45 heavy (non-hydrogen) atoms. The van der Waals surface area contributed by atoms with Crippen LogP contribution in [-0.4, -0.2) is 65.2 Å². The third-order valence-corrected chi connectivity index (χ3v) is 7.27. The van der Waals surface area contributed by atoms with Crippen LogP contribution in [-0.2, 0) is 29.4 Å². The first-order valence-corrected chi connectivity index (χ1v) is 14.3. The van der Waals surface area contributed by atoms with Crippen LogP contribution in [0.4, 0.5) is 23.2 Å². The summed E-state index contributed by atoms with van der Waals surface area (Å²) in [6.45, 7) is 4.60. The highest BCUT2D eigenvalue weighted by molar-refractivity contribution is 6.39. The van der Waals surface area contributed by atoms with E-state index in [4.69, 9.17) is 0 Å². The predicted molar refractivity (Wildman–Crippen MR) is 153 cm³/mol. The smallest absolute Gasteiger partial charge is 0.313 e. The molecule has 3 amide bonds. The monoisotopic (exact) mass is 637 g/mol. The maximum atomic E-state index is 13.9. The lowest BCUT2D eigenvalue weighted by atomic mass is 9.86. The number of anilines is 1. The predicted octanol–water partition coefficient (Wildman–Crippen LogP) is 4.11. The van der Waals surface area contributed by atoms with Crippen LogP contribution in [0.2, 0.25) is 0 Å². The molecule has 0 radical (unpaired) electrons. The summed E-state index contributed by atoms with van der Waals surface area (Å²) in [7, 11) is 0. The van der Waals surface area contributed by atoms with Gasteiger partial charge in [-0.15, -0.1) is 0 Å². The molecule has 14 heteroatoms. The van der Waals surface area contributed by atoms with Gasteiger partial charge < -0.3 is 25.4 Å². The van der Waals surface area contributed by atoms with E-state index in [1.165, 1.54) is 4.90 Å². The van der Waals surface area contributed by atoms with Gasteiger partial charge in [0, 0.05) is 24.8 Å². The number of ether oxygens (including phenoxy) is 1. The van der Waals surface area contributed by atoms with Crippen LogP contribution in [0.1, 0.15) is 58.4 Å². The highest BCUT2D eigenvalue weighted by Gasteiger charge is 2.33. The maximum absolute atomic E-state index is 13.9. The van der Waals surface area contributed by atoms with Crippen molar-refractivity contribution in [2.75, 3.05) is 25.0 Å². The van der Waals surface area contributed by atoms with Crippen LogP contribution in [0.5, 0.6) is 5.75 Å². The number of para-hydroxylation sites is 1. The Hall–Kier alpha value is -4.49. The van der Waals surface area contributed by atoms with Gasteiger partial charge in [-0.05, 0) is 29.9 Å². The largest absolute Gasteiger partial charge is 0.481 e. The summed E-state index contributed by atoms with van der Waals surface area (Å²) in [6.07, 6.45) is 1.05. The second-order valence-corrected chi connectivity index (χ2v) is 11.8. The average Bonchev–Trinajstić information content (AvgIpc) is 2.94. The van der Waals surface area contributed by atoms with Gasteiger partial charge in [0.15, 0.2) is 23.2 Å². The van der Waals surface area contributed by atoms with Crippen molar-refractivity contribution in [2.24, 2.45) is 5.92 Å². The Labute approximate surface area is 257 Å². The Morgan fingerprint density at radius 2 is 1.64 bits per heavy atom. The highest BCUT2D eigenvalue weighted by atomic mass is 19.2. The van der Waals surface area contributed by atoms with Crippen LogP contribution in [0, 0.1) is 29.2 Å². The van der Waals surface area contributed by atoms with Crippen molar-refractivity contribution in [1.29, 1.82) is 0 Å². The van der Waals surface area contributed by atoms with Gasteiger partial charge in [-0.1, -0.05) is 51.8 Å². The molecule has 2 aromatic rings. The Bertz CT molecular complexity index is 1440. The number of hydrogen-bond donors (Lipinski definition) is 3. The van der Waals surface area contributed by atoms with Gasteiger partial charge >= 0.3 is 17.8 Å². The van der Waals surface area contributed by atoms with Gasteiger partial charge in [0.25, 0.3) is 0 Å². The fourth-order valence-corrected chi connectivity index (χ4v) is 4.91. The zero-order valence-electron chi connectivity index (χ0n) is 25.1. The Morgan fingerprint density at radius 1 is 1.00 bits per heavy atom. The van der Waals surface area contributed by atoms with E-state index in [-0.39, 0.29) is 31.0 Å². The summed E-state index contributed by atoms with van der Waals surface area (Å²) in [6, 6.07) is 5.24. The molecule has 0 unspecified atom stereocenters. The van der Waals surface area contributed by atoms with Gasteiger partial charge in [-0.2, -0.15) is 8.78 Å². The summed E-state index contributed by atoms with van der Waals surface area (Å²) in [5.41, 5.74) is 0.936. The number of likely N-dealkylation sites (tertiary alicyclic amines) is 1. The van der Waals surface area contributed by atoms with E-state index in [1.807, 2.05) is 32.9 Å². The minimum atomic E-state index is -1.90. The standard InChI is InChI=1S/C31H35F4N3O7/c1-31(2,3)18-10-6-7-11-21(18)36-29(43)30(44)38-12-8-4-5-9-17(15-38)28(42)37-22(14-24(40)41)23(39)16-45-27-25(34)19(32)13-20(33)26(27)35/h6-7,10-11,13,17,22H,4-5,8-9,12,14-16H2,1-3H3,(H,36,43)(H,37,42)(H,40,41)/t17-,22-/m0/s1. The lowest BCUT2D eigenvalue weighted by Gasteiger charge is -2.30. The number of halogens is 4. The number of amides is 3. The fourth-order valence-electron chi connectivity index (χ4n) is 4.91. The van der Waals surface area contributed by atoms with Crippen LogP contribution in [0.15, 0.2) is 30.3 Å². The molecule has 244 valence electrons. The second kappa shape index (κ2) is 15.0. The van der Waals surface area contributed by atoms with Crippen molar-refractivity contribution in [1.82, 2.24) is 10.2 Å². The Morgan fingerprint density at radius 3 is 2.27 bits per heavy atom. The number of Topliss-reactive ketones (excluding diaryl/α,β-unsaturated/α-hetero) is 1. The summed E-state index contributed by atoms with van der Waals surface area (Å²) < 4.78 is 59.5. The van der Waals surface area contributed by atoms with E-state index in [0.717, 1.165) is 5.56 Å². The molecule has 0 aromatic heterocycles. The number of carbonyl (C=O) groups excluding carboxylic acids is 4. The van der Waals surface area contributed by atoms with E-state index in [2.05, 4.69) is 15.4 Å². The first kappa shape index (κ1) is 35.0. The number of aliphatic carboxylic acids is 1. The molecule has 3 rings (SSSR count). The molecule has 0 spiro atoms. The van der Waals surface area contributed by atoms with E-state index in [1.54, 1.807) is 12.1 Å². The SMILES string of the molecule is CC(C)(C)c1ccccc1NC(=O)C(=O)N1CCCCC[C@H](C(=O)N[C@@H](CC(=O)O)C(=O)COc2c(F)c(F)cc(F)c2F)C1. The topological polar surface area (TPSA) is 142 Å². The Kier molecular flexibility index (Phi) is 11.7. The maximum Gasteiger partial charge on any atom is 0.313 e. The zero-order chi connectivity index (χ0) is 33.5. The number of nitrogens with one attached hydrogen (secondary N) is 2. The van der Waals surface area contributed by atoms with Gasteiger partial charge in [-0.3, -0.25) is 24.0 Å². The van der Waals surface area contributed by atoms with Crippen LogP contribution >= 0.6 is 0 Å². The number of rotatable bonds is 9. The van der Waals surface area contributed by atoms with Gasteiger partial charge in [0.1, 0.15) is 12.6 Å². The van der Waals surface area contributed by atoms with Crippen molar-refractivity contribution >= 4 is 35.2 Å². The van der Waals surface area contributed by atoms with Crippen molar-refractivity contribution in [3.8, 4) is 5.75 Å². The minimum absolute atomic E-state index is 0.0513. The molecule has 1 heterocycles. The number of ketones is 1. The summed E-state index contributed by atoms with van der Waals surface area (Å²) in [5.74, 6) is -15.1. The molecule has 1 aliphatic heterocycles. The molecule has 0 aliphatic carbocycles. The molecule has 1 aliphatic rings. The summed E-state index contributed by atoms with van der Waals surface area (Å²) in [4.78, 5) is 64.9. The van der Waals surface area contributed by atoms with Crippen molar-refractivity contribution in [2.45, 2.75) is 64.3 Å². The molecular formula is C31H35F4N3O7. The number of nitrogens with zero attached hydrogens (tertiary/aromatic N) is 1. The van der Waals surface area contributed by atoms with Crippen molar-refractivity contribution < 1.29 is 51.4 Å². The van der Waals surface area contributed by atoms with Gasteiger partial charge in [0.05, 0.1) is 12.3 Å². The number of benzene rings is 2. The minimum Gasteiger partial charge on any atom is -0.481 e. The van der Waals surface area contributed by atoms with E-state index < -0.39 is 83.5 Å². The lowest BCUT2D eigenvalue weighted by Crippen LogP contribution is -2.50. The Balaban J connectivity index is 1.72. The zero-order valence-corrected chi connectivity index (χ0v) is 25.1. The molecular weight excluding hydrogens is 602 g/mol. The number of carboxylic acid groups (broad SMARTS) is 1. The molecule has 10 nitrogen and oxygen atoms in total. The number of hydrogen-bond acceptors (Lipinski definition) is 6. The third-order valence-electron chi connectivity index (χ3n) is 7.27. The van der Waals surface area contributed by atoms with Crippen molar-refractivity contribution in [3.05, 3.63) is 59.2 Å². The molecule has 3 N–H and O–H groups in total. The molecule has 0 bridgehead atoms. The van der Waals surface area contributed by atoms with Crippen LogP contribution in [0.25, 0.3) is 0 Å². The second-order valence-electron chi connectivity index (χ2n) is 11.8. The lowest BCUT2D eigenvalue weighted by molar-refractivity contribution is -0.145. The van der Waals surface area contributed by atoms with Gasteiger partial charge in [0.2, 0.25) is 17.5 Å². The number of carbonyl (C=O) groups is 5. The van der Waals surface area contributed by atoms with E-state index >= 15 is 0 Å². The first-order chi connectivity index (χ1) is 21.1. The van der Waals surface area contributed by atoms with E-state index in [0.29, 0.717) is 24.9 Å².